The van der Waals surface area contributed by atoms with Gasteiger partial charge in [0.2, 0.25) is 11.8 Å². The van der Waals surface area contributed by atoms with E-state index in [-0.39, 0.29) is 36.2 Å². The van der Waals surface area contributed by atoms with Crippen molar-refractivity contribution in [2.75, 3.05) is 11.9 Å². The molecule has 1 aromatic heterocycles. The fourth-order valence-corrected chi connectivity index (χ4v) is 3.75. The van der Waals surface area contributed by atoms with E-state index in [1.807, 2.05) is 62.4 Å². The van der Waals surface area contributed by atoms with Crippen molar-refractivity contribution >= 4 is 17.6 Å². The van der Waals surface area contributed by atoms with Crippen molar-refractivity contribution in [2.24, 2.45) is 0 Å². The van der Waals surface area contributed by atoms with E-state index in [9.17, 15) is 9.59 Å². The van der Waals surface area contributed by atoms with Gasteiger partial charge in [-0.2, -0.15) is 5.10 Å². The number of benzene rings is 2. The number of carbonyl (C=O) groups is 2. The molecule has 0 spiro atoms. The maximum Gasteiger partial charge on any atom is 0.245 e. The molecule has 0 saturated carbocycles. The smallest absolute Gasteiger partial charge is 0.245 e. The third-order valence-electron chi connectivity index (χ3n) is 6.01. The highest BCUT2D eigenvalue weighted by molar-refractivity contribution is 5.94. The molecule has 2 amide bonds. The van der Waals surface area contributed by atoms with Gasteiger partial charge in [0.15, 0.2) is 0 Å². The number of carbonyl (C=O) groups excluding carboxylic acids is 2. The number of anilines is 1. The summed E-state index contributed by atoms with van der Waals surface area (Å²) in [6.07, 6.45) is 0.265. The highest BCUT2D eigenvalue weighted by Gasteiger charge is 2.24. The zero-order valence-electron chi connectivity index (χ0n) is 21.3. The second-order valence-electron chi connectivity index (χ2n) is 10.1. The van der Waals surface area contributed by atoms with E-state index in [1.165, 1.54) is 0 Å². The van der Waals surface area contributed by atoms with Crippen molar-refractivity contribution in [3.05, 3.63) is 77.0 Å². The van der Waals surface area contributed by atoms with E-state index in [0.717, 1.165) is 28.1 Å². The fourth-order valence-electron chi connectivity index (χ4n) is 3.75. The fraction of sp³-hybridized carbons (Fsp3) is 0.393. The molecule has 1 N–H and O–H groups in total. The van der Waals surface area contributed by atoms with Crippen molar-refractivity contribution in [2.45, 2.75) is 66.3 Å². The van der Waals surface area contributed by atoms with Gasteiger partial charge in [-0.25, -0.2) is 4.68 Å². The lowest BCUT2D eigenvalue weighted by Gasteiger charge is -2.26. The second kappa shape index (κ2) is 10.2. The van der Waals surface area contributed by atoms with Crippen molar-refractivity contribution < 1.29 is 9.59 Å². The van der Waals surface area contributed by atoms with Crippen LogP contribution in [0.2, 0.25) is 0 Å². The van der Waals surface area contributed by atoms with Gasteiger partial charge in [0.05, 0.1) is 17.8 Å². The van der Waals surface area contributed by atoms with Crippen LogP contribution in [0.3, 0.4) is 0 Å². The van der Waals surface area contributed by atoms with E-state index in [1.54, 1.807) is 9.58 Å². The molecule has 0 bridgehead atoms. The summed E-state index contributed by atoms with van der Waals surface area (Å²) in [5.74, 6) is 0.277. The minimum absolute atomic E-state index is 0.0217. The lowest BCUT2D eigenvalue weighted by molar-refractivity contribution is -0.135. The Morgan fingerprint density at radius 1 is 1.03 bits per heavy atom. The molecule has 34 heavy (non-hydrogen) atoms. The molecular weight excluding hydrogens is 424 g/mol. The minimum Gasteiger partial charge on any atom is -0.331 e. The Hall–Kier alpha value is -3.41. The van der Waals surface area contributed by atoms with E-state index in [4.69, 9.17) is 5.10 Å². The van der Waals surface area contributed by atoms with Gasteiger partial charge in [-0.15, -0.1) is 0 Å². The SMILES string of the molecule is Cc1cccc(-n2nc(C(C)(C)C)cc2NC(=O)CN(C(=O)Cc2ccccc2)C(C)C)c1C. The van der Waals surface area contributed by atoms with Crippen LogP contribution >= 0.6 is 0 Å². The highest BCUT2D eigenvalue weighted by Crippen LogP contribution is 2.28. The standard InChI is InChI=1S/C28H36N4O2/c1-19(2)31(27(34)16-22-13-9-8-10-14-22)18-26(33)29-25-17-24(28(5,6)7)30-32(25)23-15-11-12-20(3)21(23)4/h8-15,17,19H,16,18H2,1-7H3,(H,29,33). The number of hydrogen-bond acceptors (Lipinski definition) is 3. The highest BCUT2D eigenvalue weighted by atomic mass is 16.2. The number of aromatic nitrogens is 2. The predicted molar refractivity (Wildman–Crippen MR) is 137 cm³/mol. The predicted octanol–water partition coefficient (Wildman–Crippen LogP) is 5.20. The molecular formula is C28H36N4O2. The quantitative estimate of drug-likeness (QED) is 0.527. The largest absolute Gasteiger partial charge is 0.331 e. The zero-order valence-corrected chi connectivity index (χ0v) is 21.3. The monoisotopic (exact) mass is 460 g/mol. The van der Waals surface area contributed by atoms with Crippen molar-refractivity contribution in [3.8, 4) is 5.69 Å². The van der Waals surface area contributed by atoms with E-state index in [0.29, 0.717) is 5.82 Å². The Bertz CT molecular complexity index is 1160. The number of amides is 2. The van der Waals surface area contributed by atoms with Crippen LogP contribution in [-0.4, -0.2) is 39.1 Å². The maximum absolute atomic E-state index is 13.1. The first-order chi connectivity index (χ1) is 16.0. The van der Waals surface area contributed by atoms with Crippen LogP contribution in [-0.2, 0) is 21.4 Å². The van der Waals surface area contributed by atoms with Gasteiger partial charge in [0, 0.05) is 17.5 Å². The van der Waals surface area contributed by atoms with E-state index >= 15 is 0 Å². The van der Waals surface area contributed by atoms with Crippen LogP contribution in [0.25, 0.3) is 5.69 Å². The molecule has 0 aliphatic carbocycles. The van der Waals surface area contributed by atoms with Crippen LogP contribution in [0.5, 0.6) is 0 Å². The van der Waals surface area contributed by atoms with E-state index < -0.39 is 0 Å². The Morgan fingerprint density at radius 3 is 2.32 bits per heavy atom. The lowest BCUT2D eigenvalue weighted by atomic mass is 9.92. The summed E-state index contributed by atoms with van der Waals surface area (Å²) in [7, 11) is 0. The first-order valence-electron chi connectivity index (χ1n) is 11.8. The van der Waals surface area contributed by atoms with Gasteiger partial charge in [0.1, 0.15) is 12.4 Å². The summed E-state index contributed by atoms with van der Waals surface area (Å²) in [6, 6.07) is 17.5. The summed E-state index contributed by atoms with van der Waals surface area (Å²) in [5, 5.41) is 7.85. The maximum atomic E-state index is 13.1. The molecule has 2 aromatic carbocycles. The number of hydrogen-bond donors (Lipinski definition) is 1. The topological polar surface area (TPSA) is 67.2 Å². The average Bonchev–Trinajstić information content (AvgIpc) is 3.18. The Kier molecular flexibility index (Phi) is 7.60. The third-order valence-corrected chi connectivity index (χ3v) is 6.01. The molecule has 1 heterocycles. The molecule has 6 heteroatoms. The van der Waals surface area contributed by atoms with Crippen molar-refractivity contribution in [3.63, 3.8) is 0 Å². The zero-order chi connectivity index (χ0) is 25.0. The van der Waals surface area contributed by atoms with Crippen LogP contribution < -0.4 is 5.32 Å². The Balaban J connectivity index is 1.86. The van der Waals surface area contributed by atoms with Crippen LogP contribution in [0.15, 0.2) is 54.6 Å². The summed E-state index contributed by atoms with van der Waals surface area (Å²) in [5.41, 5.74) is 4.80. The van der Waals surface area contributed by atoms with Crippen LogP contribution in [0.1, 0.15) is 57.0 Å². The molecule has 180 valence electrons. The number of rotatable bonds is 7. The van der Waals surface area contributed by atoms with Gasteiger partial charge in [0.25, 0.3) is 0 Å². The van der Waals surface area contributed by atoms with E-state index in [2.05, 4.69) is 46.0 Å². The summed E-state index contributed by atoms with van der Waals surface area (Å²) in [4.78, 5) is 27.7. The minimum atomic E-state index is -0.248. The summed E-state index contributed by atoms with van der Waals surface area (Å²) < 4.78 is 1.80. The third kappa shape index (κ3) is 5.93. The molecule has 3 rings (SSSR count). The summed E-state index contributed by atoms with van der Waals surface area (Å²) in [6.45, 7) is 14.2. The molecule has 0 radical (unpaired) electrons. The van der Waals surface area contributed by atoms with Gasteiger partial charge in [-0.1, -0.05) is 63.2 Å². The lowest BCUT2D eigenvalue weighted by Crippen LogP contribution is -2.43. The van der Waals surface area contributed by atoms with Crippen molar-refractivity contribution in [1.29, 1.82) is 0 Å². The molecule has 0 aliphatic rings. The molecule has 0 saturated heterocycles. The van der Waals surface area contributed by atoms with Gasteiger partial charge in [-0.05, 0) is 50.5 Å². The van der Waals surface area contributed by atoms with Crippen LogP contribution in [0, 0.1) is 13.8 Å². The Morgan fingerprint density at radius 2 is 1.71 bits per heavy atom. The first-order valence-corrected chi connectivity index (χ1v) is 11.8. The molecule has 0 unspecified atom stereocenters. The molecule has 6 nitrogen and oxygen atoms in total. The van der Waals surface area contributed by atoms with Crippen LogP contribution in [0.4, 0.5) is 5.82 Å². The van der Waals surface area contributed by atoms with Gasteiger partial charge >= 0.3 is 0 Å². The molecule has 3 aromatic rings. The van der Waals surface area contributed by atoms with Crippen molar-refractivity contribution in [1.82, 2.24) is 14.7 Å². The number of nitrogens with one attached hydrogen (secondary N) is 1. The van der Waals surface area contributed by atoms with Gasteiger partial charge < -0.3 is 10.2 Å². The van der Waals surface area contributed by atoms with Gasteiger partial charge in [-0.3, -0.25) is 9.59 Å². The molecule has 0 aliphatic heterocycles. The molecule has 0 atom stereocenters. The second-order valence-corrected chi connectivity index (χ2v) is 10.1. The first kappa shape index (κ1) is 25.2. The molecule has 0 fully saturated rings. The number of nitrogens with zero attached hydrogens (tertiary/aromatic N) is 3. The normalized spacial score (nSPS) is 11.5. The number of aryl methyl sites for hydroxylation is 1. The average molecular weight is 461 g/mol. The summed E-state index contributed by atoms with van der Waals surface area (Å²) >= 11 is 0. The Labute approximate surface area is 203 Å².